The number of hydrogen-bond donors (Lipinski definition) is 3. The normalized spacial score (nSPS) is 22.4. The van der Waals surface area contributed by atoms with Gasteiger partial charge in [-0.2, -0.15) is 0 Å². The largest absolute Gasteiger partial charge is 0.480 e. The Morgan fingerprint density at radius 1 is 1.16 bits per heavy atom. The van der Waals surface area contributed by atoms with Crippen molar-refractivity contribution < 1.29 is 14.7 Å². The van der Waals surface area contributed by atoms with Crippen molar-refractivity contribution in [2.45, 2.75) is 37.8 Å². The Morgan fingerprint density at radius 2 is 1.80 bits per heavy atom. The summed E-state index contributed by atoms with van der Waals surface area (Å²) in [5.74, 6) is -0.158. The fraction of sp³-hybridized carbons (Fsp3) is 0.529. The van der Waals surface area contributed by atoms with Gasteiger partial charge in [0.15, 0.2) is 0 Å². The first-order valence-electron chi connectivity index (χ1n) is 8.38. The van der Waals surface area contributed by atoms with Crippen LogP contribution in [0, 0.1) is 5.92 Å². The van der Waals surface area contributed by atoms with Crippen molar-refractivity contribution in [2.75, 3.05) is 18.4 Å². The van der Waals surface area contributed by atoms with Crippen molar-refractivity contribution in [3.05, 3.63) is 28.2 Å². The van der Waals surface area contributed by atoms with Crippen LogP contribution in [0.1, 0.15) is 25.7 Å². The van der Waals surface area contributed by atoms with Crippen LogP contribution in [0.15, 0.2) is 18.2 Å². The molecule has 6 nitrogen and oxygen atoms in total. The van der Waals surface area contributed by atoms with Gasteiger partial charge < -0.3 is 15.7 Å². The molecule has 2 fully saturated rings. The van der Waals surface area contributed by atoms with E-state index in [9.17, 15) is 9.59 Å². The third-order valence-corrected chi connectivity index (χ3v) is 5.05. The molecule has 0 bridgehead atoms. The highest BCUT2D eigenvalue weighted by Crippen LogP contribution is 2.33. The number of rotatable bonds is 7. The maximum atomic E-state index is 12.1. The molecule has 1 aromatic carbocycles. The number of carboxylic acid groups (broad SMARTS) is 1. The molecule has 0 radical (unpaired) electrons. The van der Waals surface area contributed by atoms with Crippen LogP contribution in [0.5, 0.6) is 0 Å². The lowest BCUT2D eigenvalue weighted by Crippen LogP contribution is -2.55. The Morgan fingerprint density at radius 3 is 2.36 bits per heavy atom. The summed E-state index contributed by atoms with van der Waals surface area (Å²) in [4.78, 5) is 25.1. The Bertz CT molecular complexity index is 640. The van der Waals surface area contributed by atoms with Gasteiger partial charge in [0.25, 0.3) is 0 Å². The fourth-order valence-corrected chi connectivity index (χ4v) is 3.66. The predicted molar refractivity (Wildman–Crippen MR) is 97.4 cm³/mol. The molecule has 1 aromatic rings. The van der Waals surface area contributed by atoms with Gasteiger partial charge in [-0.05, 0) is 49.8 Å². The van der Waals surface area contributed by atoms with Crippen molar-refractivity contribution in [3.8, 4) is 0 Å². The summed E-state index contributed by atoms with van der Waals surface area (Å²) in [6, 6.07) is 4.81. The smallest absolute Gasteiger partial charge is 0.319 e. The average molecular weight is 386 g/mol. The van der Waals surface area contributed by atoms with Crippen molar-refractivity contribution >= 4 is 40.9 Å². The highest BCUT2D eigenvalue weighted by Gasteiger charge is 2.37. The Balaban J connectivity index is 1.45. The molecular formula is C17H21Cl2N3O3. The number of halogens is 2. The lowest BCUT2D eigenvalue weighted by atomic mass is 9.85. The molecule has 136 valence electrons. The van der Waals surface area contributed by atoms with Crippen LogP contribution in [0.2, 0.25) is 10.0 Å². The van der Waals surface area contributed by atoms with E-state index in [4.69, 9.17) is 28.3 Å². The molecule has 0 atom stereocenters. The van der Waals surface area contributed by atoms with E-state index in [1.165, 1.54) is 12.8 Å². The molecule has 8 heteroatoms. The molecule has 0 spiro atoms. The Labute approximate surface area is 156 Å². The van der Waals surface area contributed by atoms with Crippen LogP contribution >= 0.6 is 23.2 Å². The molecule has 0 aromatic heterocycles. The molecule has 0 unspecified atom stereocenters. The number of carbonyl (C=O) groups is 2. The quantitative estimate of drug-likeness (QED) is 0.671. The number of carbonyl (C=O) groups excluding carboxylic acids is 1. The summed E-state index contributed by atoms with van der Waals surface area (Å²) in [5.41, 5.74) is 0.534. The summed E-state index contributed by atoms with van der Waals surface area (Å²) in [7, 11) is 0. The number of aliphatic carboxylic acids is 1. The van der Waals surface area contributed by atoms with Crippen LogP contribution in [0.4, 0.5) is 10.5 Å². The highest BCUT2D eigenvalue weighted by molar-refractivity contribution is 6.35. The third kappa shape index (κ3) is 5.49. The number of benzene rings is 1. The first-order valence-corrected chi connectivity index (χ1v) is 9.14. The maximum Gasteiger partial charge on any atom is 0.319 e. The monoisotopic (exact) mass is 385 g/mol. The fourth-order valence-electron chi connectivity index (χ4n) is 3.13. The van der Waals surface area contributed by atoms with Crippen molar-refractivity contribution in [1.82, 2.24) is 10.2 Å². The molecule has 2 aliphatic carbocycles. The number of nitrogens with zero attached hydrogens (tertiary/aromatic N) is 1. The second kappa shape index (κ2) is 7.81. The van der Waals surface area contributed by atoms with E-state index in [0.29, 0.717) is 21.7 Å². The van der Waals surface area contributed by atoms with E-state index in [0.717, 1.165) is 19.4 Å². The van der Waals surface area contributed by atoms with Gasteiger partial charge in [0.05, 0.1) is 6.54 Å². The van der Waals surface area contributed by atoms with Crippen LogP contribution in [-0.4, -0.2) is 47.2 Å². The summed E-state index contributed by atoms with van der Waals surface area (Å²) < 4.78 is 0. The minimum absolute atomic E-state index is 0.0511. The van der Waals surface area contributed by atoms with Gasteiger partial charge in [-0.3, -0.25) is 9.69 Å². The number of hydrogen-bond acceptors (Lipinski definition) is 3. The Hall–Kier alpha value is -1.50. The van der Waals surface area contributed by atoms with Crippen LogP contribution in [0.3, 0.4) is 0 Å². The maximum absolute atomic E-state index is 12.1. The van der Waals surface area contributed by atoms with E-state index in [1.807, 2.05) is 4.90 Å². The van der Waals surface area contributed by atoms with Gasteiger partial charge in [0.1, 0.15) is 0 Å². The lowest BCUT2D eigenvalue weighted by molar-refractivity contribution is -0.139. The van der Waals surface area contributed by atoms with Gasteiger partial charge >= 0.3 is 12.0 Å². The average Bonchev–Trinajstić information content (AvgIpc) is 3.24. The zero-order valence-electron chi connectivity index (χ0n) is 13.7. The molecule has 2 amide bonds. The standard InChI is InChI=1S/C17H21Cl2N3O3/c18-11-3-12(19)5-13(4-11)20-17(25)21-14-6-15(7-14)22(9-16(23)24)8-10-1-2-10/h3-5,10,14-15H,1-2,6-9H2,(H,23,24)(H2,20,21,25). The zero-order chi connectivity index (χ0) is 18.0. The molecule has 25 heavy (non-hydrogen) atoms. The Kier molecular flexibility index (Phi) is 5.71. The molecule has 2 aliphatic rings. The number of amides is 2. The first-order chi connectivity index (χ1) is 11.9. The summed E-state index contributed by atoms with van der Waals surface area (Å²) in [5, 5.41) is 15.6. The van der Waals surface area contributed by atoms with Crippen LogP contribution in [-0.2, 0) is 4.79 Å². The van der Waals surface area contributed by atoms with E-state index < -0.39 is 5.97 Å². The van der Waals surface area contributed by atoms with Gasteiger partial charge in [-0.1, -0.05) is 23.2 Å². The summed E-state index contributed by atoms with van der Waals surface area (Å²) in [6.45, 7) is 0.915. The number of anilines is 1. The zero-order valence-corrected chi connectivity index (χ0v) is 15.2. The number of nitrogens with one attached hydrogen (secondary N) is 2. The second-order valence-electron chi connectivity index (χ2n) is 6.85. The second-order valence-corrected chi connectivity index (χ2v) is 7.72. The summed E-state index contributed by atoms with van der Waals surface area (Å²) in [6.07, 6.45) is 3.91. The van der Waals surface area contributed by atoms with Gasteiger partial charge in [0.2, 0.25) is 0 Å². The summed E-state index contributed by atoms with van der Waals surface area (Å²) >= 11 is 11.8. The van der Waals surface area contributed by atoms with Crippen molar-refractivity contribution in [1.29, 1.82) is 0 Å². The van der Waals surface area contributed by atoms with Crippen LogP contribution in [0.25, 0.3) is 0 Å². The van der Waals surface area contributed by atoms with E-state index in [1.54, 1.807) is 18.2 Å². The van der Waals surface area contributed by atoms with Crippen LogP contribution < -0.4 is 10.6 Å². The van der Waals surface area contributed by atoms with Gasteiger partial charge in [0, 0.05) is 34.4 Å². The molecule has 2 saturated carbocycles. The minimum Gasteiger partial charge on any atom is -0.480 e. The molecule has 0 heterocycles. The predicted octanol–water partition coefficient (Wildman–Crippen LogP) is 3.44. The number of carboxylic acids is 1. The minimum atomic E-state index is -0.798. The van der Waals surface area contributed by atoms with Crippen molar-refractivity contribution in [3.63, 3.8) is 0 Å². The molecule has 0 aliphatic heterocycles. The molecule has 0 saturated heterocycles. The van der Waals surface area contributed by atoms with Gasteiger partial charge in [-0.25, -0.2) is 4.79 Å². The SMILES string of the molecule is O=C(O)CN(CC1CC1)C1CC(NC(=O)Nc2cc(Cl)cc(Cl)c2)C1. The topological polar surface area (TPSA) is 81.7 Å². The molecule has 3 N–H and O–H groups in total. The van der Waals surface area contributed by atoms with E-state index >= 15 is 0 Å². The van der Waals surface area contributed by atoms with Gasteiger partial charge in [-0.15, -0.1) is 0 Å². The first kappa shape index (κ1) is 18.3. The molecule has 3 rings (SSSR count). The molecular weight excluding hydrogens is 365 g/mol. The highest BCUT2D eigenvalue weighted by atomic mass is 35.5. The number of urea groups is 1. The lowest BCUT2D eigenvalue weighted by Gasteiger charge is -2.42. The van der Waals surface area contributed by atoms with E-state index in [-0.39, 0.29) is 24.7 Å². The van der Waals surface area contributed by atoms with E-state index in [2.05, 4.69) is 10.6 Å². The third-order valence-electron chi connectivity index (χ3n) is 4.61. The van der Waals surface area contributed by atoms with Crippen molar-refractivity contribution in [2.24, 2.45) is 5.92 Å².